The summed E-state index contributed by atoms with van der Waals surface area (Å²) in [6.45, 7) is 6.35. The zero-order chi connectivity index (χ0) is 17.0. The summed E-state index contributed by atoms with van der Waals surface area (Å²) in [7, 11) is -3.49. The first-order valence-corrected chi connectivity index (χ1v) is 9.60. The lowest BCUT2D eigenvalue weighted by Crippen LogP contribution is -2.54. The maximum absolute atomic E-state index is 12.3. The van der Waals surface area contributed by atoms with E-state index in [0.717, 1.165) is 13.1 Å². The van der Waals surface area contributed by atoms with Gasteiger partial charge in [0.2, 0.25) is 15.9 Å². The van der Waals surface area contributed by atoms with E-state index >= 15 is 0 Å². The van der Waals surface area contributed by atoms with E-state index in [1.807, 2.05) is 24.0 Å². The van der Waals surface area contributed by atoms with Crippen molar-refractivity contribution < 1.29 is 13.2 Å². The molecule has 23 heavy (non-hydrogen) atoms. The molecule has 1 aliphatic heterocycles. The van der Waals surface area contributed by atoms with Crippen molar-refractivity contribution in [3.63, 3.8) is 0 Å². The second-order valence-corrected chi connectivity index (χ2v) is 7.87. The van der Waals surface area contributed by atoms with Crippen molar-refractivity contribution in [2.75, 3.05) is 30.3 Å². The molecule has 0 bridgehead atoms. The van der Waals surface area contributed by atoms with Crippen LogP contribution in [0.4, 0.5) is 5.69 Å². The normalized spacial score (nSPS) is 19.0. The highest BCUT2D eigenvalue weighted by Crippen LogP contribution is 2.23. The van der Waals surface area contributed by atoms with Gasteiger partial charge in [0.1, 0.15) is 0 Å². The molecule has 1 fully saturated rings. The van der Waals surface area contributed by atoms with E-state index in [4.69, 9.17) is 5.14 Å². The number of anilines is 1. The highest BCUT2D eigenvalue weighted by Gasteiger charge is 2.27. The van der Waals surface area contributed by atoms with Gasteiger partial charge in [-0.15, -0.1) is 0 Å². The number of para-hydroxylation sites is 1. The van der Waals surface area contributed by atoms with Gasteiger partial charge >= 0.3 is 0 Å². The van der Waals surface area contributed by atoms with Gasteiger partial charge in [-0.3, -0.25) is 4.79 Å². The van der Waals surface area contributed by atoms with E-state index in [0.29, 0.717) is 6.54 Å². The van der Waals surface area contributed by atoms with Crippen molar-refractivity contribution >= 4 is 21.6 Å². The Hall–Kier alpha value is -1.60. The molecular formula is C16H25N3O3S. The van der Waals surface area contributed by atoms with Crippen molar-refractivity contribution in [1.29, 1.82) is 0 Å². The minimum Gasteiger partial charge on any atom is -0.367 e. The number of hydrogen-bond acceptors (Lipinski definition) is 4. The maximum Gasteiger partial charge on any atom is 0.222 e. The second-order valence-electron chi connectivity index (χ2n) is 6.14. The number of nitrogens with zero attached hydrogens (tertiary/aromatic N) is 2. The molecule has 1 aromatic carbocycles. The quantitative estimate of drug-likeness (QED) is 0.871. The molecule has 6 nitrogen and oxygen atoms in total. The molecule has 0 saturated carbocycles. The molecule has 0 aliphatic carbocycles. The Morgan fingerprint density at radius 3 is 2.61 bits per heavy atom. The van der Waals surface area contributed by atoms with Crippen molar-refractivity contribution in [2.24, 2.45) is 5.14 Å². The molecule has 128 valence electrons. The lowest BCUT2D eigenvalue weighted by atomic mass is 10.1. The first-order chi connectivity index (χ1) is 10.8. The Labute approximate surface area is 138 Å². The second kappa shape index (κ2) is 7.31. The van der Waals surface area contributed by atoms with Crippen molar-refractivity contribution in [3.8, 4) is 0 Å². The average Bonchev–Trinajstić information content (AvgIpc) is 2.46. The van der Waals surface area contributed by atoms with Crippen molar-refractivity contribution in [3.05, 3.63) is 29.8 Å². The van der Waals surface area contributed by atoms with Crippen LogP contribution in [0.15, 0.2) is 24.3 Å². The number of hydrogen-bond donors (Lipinski definition) is 1. The molecule has 1 atom stereocenters. The van der Waals surface area contributed by atoms with E-state index in [1.54, 1.807) is 0 Å². The van der Waals surface area contributed by atoms with Gasteiger partial charge in [-0.2, -0.15) is 0 Å². The molecule has 1 aliphatic rings. The molecule has 0 aromatic heterocycles. The summed E-state index contributed by atoms with van der Waals surface area (Å²) in [6, 6.07) is 8.34. The molecule has 1 aromatic rings. The topological polar surface area (TPSA) is 83.7 Å². The predicted octanol–water partition coefficient (Wildman–Crippen LogP) is 1.10. The average molecular weight is 339 g/mol. The van der Waals surface area contributed by atoms with Crippen LogP contribution in [-0.4, -0.2) is 50.7 Å². The standard InChI is InChI=1S/C16H25N3O3S/c1-13-6-3-4-7-15(13)18-9-10-19(14(2)12-18)16(20)8-5-11-23(17,21)22/h3-4,6-7,14H,5,8-12H2,1-2H3,(H2,17,21,22)/t14-/m0/s1. The summed E-state index contributed by atoms with van der Waals surface area (Å²) in [4.78, 5) is 16.4. The van der Waals surface area contributed by atoms with Gasteiger partial charge in [-0.25, -0.2) is 13.6 Å². The summed E-state index contributed by atoms with van der Waals surface area (Å²) >= 11 is 0. The number of piperazine rings is 1. The van der Waals surface area contributed by atoms with Crippen LogP contribution in [0.2, 0.25) is 0 Å². The largest absolute Gasteiger partial charge is 0.367 e. The first-order valence-electron chi connectivity index (χ1n) is 7.88. The smallest absolute Gasteiger partial charge is 0.222 e. The zero-order valence-corrected chi connectivity index (χ0v) is 14.6. The third kappa shape index (κ3) is 4.94. The van der Waals surface area contributed by atoms with Gasteiger partial charge in [0.15, 0.2) is 0 Å². The predicted molar refractivity (Wildman–Crippen MR) is 91.8 cm³/mol. The zero-order valence-electron chi connectivity index (χ0n) is 13.7. The van der Waals surface area contributed by atoms with E-state index in [9.17, 15) is 13.2 Å². The van der Waals surface area contributed by atoms with Crippen molar-refractivity contribution in [2.45, 2.75) is 32.7 Å². The Kier molecular flexibility index (Phi) is 5.64. The molecule has 1 amide bonds. The Bertz CT molecular complexity index is 660. The number of amides is 1. The van der Waals surface area contributed by atoms with E-state index in [2.05, 4.69) is 24.0 Å². The number of nitrogens with two attached hydrogens (primary N) is 1. The lowest BCUT2D eigenvalue weighted by molar-refractivity contribution is -0.133. The maximum atomic E-state index is 12.3. The summed E-state index contributed by atoms with van der Waals surface area (Å²) in [5.41, 5.74) is 2.44. The molecule has 1 heterocycles. The van der Waals surface area contributed by atoms with Gasteiger partial charge in [-0.05, 0) is 31.9 Å². The fourth-order valence-corrected chi connectivity index (χ4v) is 3.58. The fourth-order valence-electron chi connectivity index (χ4n) is 3.03. The molecule has 2 N–H and O–H groups in total. The molecule has 0 radical (unpaired) electrons. The number of sulfonamides is 1. The summed E-state index contributed by atoms with van der Waals surface area (Å²) in [6.07, 6.45) is 0.507. The van der Waals surface area contributed by atoms with Gasteiger partial charge in [0.05, 0.1) is 5.75 Å². The highest BCUT2D eigenvalue weighted by atomic mass is 32.2. The Morgan fingerprint density at radius 1 is 1.30 bits per heavy atom. The molecule has 0 spiro atoms. The van der Waals surface area contributed by atoms with E-state index in [-0.39, 0.29) is 30.5 Å². The minimum atomic E-state index is -3.49. The molecular weight excluding hydrogens is 314 g/mol. The van der Waals surface area contributed by atoms with Gasteiger partial charge < -0.3 is 9.80 Å². The third-order valence-corrected chi connectivity index (χ3v) is 5.08. The van der Waals surface area contributed by atoms with Crippen LogP contribution in [0.25, 0.3) is 0 Å². The van der Waals surface area contributed by atoms with Crippen LogP contribution < -0.4 is 10.0 Å². The Balaban J connectivity index is 1.91. The third-order valence-electron chi connectivity index (χ3n) is 4.22. The van der Waals surface area contributed by atoms with Crippen LogP contribution in [-0.2, 0) is 14.8 Å². The minimum absolute atomic E-state index is 0.00517. The molecule has 0 unspecified atom stereocenters. The first kappa shape index (κ1) is 17.7. The molecule has 1 saturated heterocycles. The van der Waals surface area contributed by atoms with Crippen LogP contribution in [0.3, 0.4) is 0 Å². The van der Waals surface area contributed by atoms with Gasteiger partial charge in [0, 0.05) is 37.8 Å². The molecule has 7 heteroatoms. The van der Waals surface area contributed by atoms with Crippen LogP contribution in [0.5, 0.6) is 0 Å². The van der Waals surface area contributed by atoms with Crippen molar-refractivity contribution in [1.82, 2.24) is 4.90 Å². The SMILES string of the molecule is Cc1ccccc1N1CCN(C(=O)CCCS(N)(=O)=O)[C@@H](C)C1. The number of aryl methyl sites for hydroxylation is 1. The summed E-state index contributed by atoms with van der Waals surface area (Å²) in [5.74, 6) is -0.137. The monoisotopic (exact) mass is 339 g/mol. The highest BCUT2D eigenvalue weighted by molar-refractivity contribution is 7.89. The summed E-state index contributed by atoms with van der Waals surface area (Å²) in [5, 5.41) is 4.96. The van der Waals surface area contributed by atoms with Crippen LogP contribution in [0.1, 0.15) is 25.3 Å². The van der Waals surface area contributed by atoms with E-state index < -0.39 is 10.0 Å². The number of carbonyl (C=O) groups excluding carboxylic acids is 1. The lowest BCUT2D eigenvalue weighted by Gasteiger charge is -2.41. The molecule has 2 rings (SSSR count). The van der Waals surface area contributed by atoms with Crippen LogP contribution in [0, 0.1) is 6.92 Å². The van der Waals surface area contributed by atoms with Gasteiger partial charge in [-0.1, -0.05) is 18.2 Å². The van der Waals surface area contributed by atoms with E-state index in [1.165, 1.54) is 11.3 Å². The fraction of sp³-hybridized carbons (Fsp3) is 0.562. The summed E-state index contributed by atoms with van der Waals surface area (Å²) < 4.78 is 21.9. The number of rotatable bonds is 5. The van der Waals surface area contributed by atoms with Crippen LogP contribution >= 0.6 is 0 Å². The number of carbonyl (C=O) groups is 1. The number of benzene rings is 1. The van der Waals surface area contributed by atoms with Gasteiger partial charge in [0.25, 0.3) is 0 Å². The Morgan fingerprint density at radius 2 is 2.00 bits per heavy atom. The number of primary sulfonamides is 1.